The van der Waals surface area contributed by atoms with Crippen LogP contribution in [-0.4, -0.2) is 39.6 Å². The van der Waals surface area contributed by atoms with Gasteiger partial charge in [0, 0.05) is 19.2 Å². The first-order valence-corrected chi connectivity index (χ1v) is 7.18. The quantitative estimate of drug-likeness (QED) is 0.628. The van der Waals surface area contributed by atoms with E-state index in [1.165, 1.54) is 12.1 Å². The van der Waals surface area contributed by atoms with Crippen molar-refractivity contribution in [1.82, 2.24) is 9.55 Å². The van der Waals surface area contributed by atoms with Crippen molar-refractivity contribution in [2.45, 2.75) is 18.6 Å². The Hall–Kier alpha value is -1.60. The number of imidazole rings is 1. The van der Waals surface area contributed by atoms with Gasteiger partial charge in [0.25, 0.3) is 0 Å². The van der Waals surface area contributed by atoms with E-state index in [2.05, 4.69) is 4.98 Å². The minimum absolute atomic E-state index is 0.0829. The molecule has 0 bridgehead atoms. The van der Waals surface area contributed by atoms with E-state index in [0.717, 1.165) is 17.3 Å². The minimum atomic E-state index is -0.912. The fraction of sp³-hybridized carbons (Fsp3) is 0.385. The Morgan fingerprint density at radius 1 is 1.55 bits per heavy atom. The van der Waals surface area contributed by atoms with Crippen LogP contribution in [0, 0.1) is 5.82 Å². The lowest BCUT2D eigenvalue weighted by molar-refractivity contribution is -0.133. The van der Waals surface area contributed by atoms with Gasteiger partial charge in [0.15, 0.2) is 5.16 Å². The summed E-state index contributed by atoms with van der Waals surface area (Å²) in [6.45, 7) is 3.57. The lowest BCUT2D eigenvalue weighted by Gasteiger charge is -2.08. The second-order valence-corrected chi connectivity index (χ2v) is 5.00. The molecule has 1 N–H and O–H groups in total. The average molecular weight is 298 g/mol. The second kappa shape index (κ2) is 6.71. The SMILES string of the molecule is CCOCCn1c(SCC(=O)O)nc2cc(F)ccc21. The summed E-state index contributed by atoms with van der Waals surface area (Å²) in [7, 11) is 0. The fourth-order valence-electron chi connectivity index (χ4n) is 1.83. The molecule has 7 heteroatoms. The first kappa shape index (κ1) is 14.8. The molecule has 0 aliphatic carbocycles. The summed E-state index contributed by atoms with van der Waals surface area (Å²) in [6, 6.07) is 4.36. The number of thioether (sulfide) groups is 1. The number of carbonyl (C=O) groups is 1. The number of hydrogen-bond donors (Lipinski definition) is 1. The standard InChI is InChI=1S/C13H15FN2O3S/c1-2-19-6-5-16-11-4-3-9(14)7-10(11)15-13(16)20-8-12(17)18/h3-4,7H,2,5-6,8H2,1H3,(H,17,18). The largest absolute Gasteiger partial charge is 0.481 e. The van der Waals surface area contributed by atoms with Crippen molar-refractivity contribution >= 4 is 28.8 Å². The lowest BCUT2D eigenvalue weighted by Crippen LogP contribution is -2.08. The molecule has 1 heterocycles. The highest BCUT2D eigenvalue weighted by Gasteiger charge is 2.13. The molecular weight excluding hydrogens is 283 g/mol. The van der Waals surface area contributed by atoms with Gasteiger partial charge in [0.05, 0.1) is 23.4 Å². The Morgan fingerprint density at radius 2 is 2.35 bits per heavy atom. The smallest absolute Gasteiger partial charge is 0.313 e. The average Bonchev–Trinajstić information content (AvgIpc) is 2.74. The summed E-state index contributed by atoms with van der Waals surface area (Å²) in [6.07, 6.45) is 0. The van der Waals surface area contributed by atoms with E-state index in [1.807, 2.05) is 11.5 Å². The van der Waals surface area contributed by atoms with Crippen LogP contribution in [0.25, 0.3) is 11.0 Å². The number of nitrogens with zero attached hydrogens (tertiary/aromatic N) is 2. The monoisotopic (exact) mass is 298 g/mol. The van der Waals surface area contributed by atoms with Gasteiger partial charge < -0.3 is 14.4 Å². The van der Waals surface area contributed by atoms with Crippen molar-refractivity contribution in [3.8, 4) is 0 Å². The Morgan fingerprint density at radius 3 is 3.05 bits per heavy atom. The third-order valence-electron chi connectivity index (χ3n) is 2.66. The van der Waals surface area contributed by atoms with Crippen LogP contribution < -0.4 is 0 Å². The zero-order valence-electron chi connectivity index (χ0n) is 11.0. The first-order chi connectivity index (χ1) is 9.61. The molecule has 0 spiro atoms. The van der Waals surface area contributed by atoms with E-state index in [9.17, 15) is 9.18 Å². The van der Waals surface area contributed by atoms with Gasteiger partial charge in [-0.3, -0.25) is 4.79 Å². The van der Waals surface area contributed by atoms with Crippen LogP contribution in [0.1, 0.15) is 6.92 Å². The minimum Gasteiger partial charge on any atom is -0.481 e. The highest BCUT2D eigenvalue weighted by Crippen LogP contribution is 2.24. The van der Waals surface area contributed by atoms with Crippen molar-refractivity contribution in [3.05, 3.63) is 24.0 Å². The summed E-state index contributed by atoms with van der Waals surface area (Å²) in [4.78, 5) is 15.0. The topological polar surface area (TPSA) is 64.3 Å². The number of fused-ring (bicyclic) bond motifs is 1. The van der Waals surface area contributed by atoms with Crippen LogP contribution in [0.15, 0.2) is 23.4 Å². The molecule has 2 aromatic rings. The number of halogens is 1. The maximum atomic E-state index is 13.2. The molecule has 0 atom stereocenters. The second-order valence-electron chi connectivity index (χ2n) is 4.06. The van der Waals surface area contributed by atoms with Crippen LogP contribution >= 0.6 is 11.8 Å². The third kappa shape index (κ3) is 3.49. The van der Waals surface area contributed by atoms with Gasteiger partial charge in [0.2, 0.25) is 0 Å². The molecular formula is C13H15FN2O3S. The van der Waals surface area contributed by atoms with Crippen LogP contribution in [-0.2, 0) is 16.1 Å². The van der Waals surface area contributed by atoms with Gasteiger partial charge in [0.1, 0.15) is 5.82 Å². The molecule has 0 unspecified atom stereocenters. The molecule has 0 aliphatic heterocycles. The van der Waals surface area contributed by atoms with Crippen LogP contribution in [0.3, 0.4) is 0 Å². The number of aliphatic carboxylic acids is 1. The maximum absolute atomic E-state index is 13.2. The number of ether oxygens (including phenoxy) is 1. The van der Waals surface area contributed by atoms with Gasteiger partial charge >= 0.3 is 5.97 Å². The maximum Gasteiger partial charge on any atom is 0.313 e. The Kier molecular flexibility index (Phi) is 4.97. The van der Waals surface area contributed by atoms with Crippen LogP contribution in [0.5, 0.6) is 0 Å². The number of aromatic nitrogens is 2. The Balaban J connectivity index is 2.31. The zero-order chi connectivity index (χ0) is 14.5. The van der Waals surface area contributed by atoms with E-state index < -0.39 is 5.97 Å². The van der Waals surface area contributed by atoms with Gasteiger partial charge in [-0.25, -0.2) is 9.37 Å². The van der Waals surface area contributed by atoms with Gasteiger partial charge in [-0.2, -0.15) is 0 Å². The normalized spacial score (nSPS) is 11.1. The van der Waals surface area contributed by atoms with Crippen molar-refractivity contribution in [1.29, 1.82) is 0 Å². The molecule has 0 radical (unpaired) electrons. The summed E-state index contributed by atoms with van der Waals surface area (Å²) in [5.74, 6) is -1.35. The van der Waals surface area contributed by atoms with Crippen LogP contribution in [0.2, 0.25) is 0 Å². The highest BCUT2D eigenvalue weighted by atomic mass is 32.2. The predicted molar refractivity (Wildman–Crippen MR) is 74.5 cm³/mol. The molecule has 1 aromatic heterocycles. The molecule has 108 valence electrons. The molecule has 0 saturated heterocycles. The van der Waals surface area contributed by atoms with Gasteiger partial charge in [-0.1, -0.05) is 11.8 Å². The molecule has 1 aromatic carbocycles. The number of hydrogen-bond acceptors (Lipinski definition) is 4. The van der Waals surface area contributed by atoms with E-state index in [1.54, 1.807) is 6.07 Å². The molecule has 0 saturated carbocycles. The van der Waals surface area contributed by atoms with E-state index >= 15 is 0 Å². The van der Waals surface area contributed by atoms with Crippen molar-refractivity contribution < 1.29 is 19.0 Å². The van der Waals surface area contributed by atoms with E-state index in [-0.39, 0.29) is 11.6 Å². The highest BCUT2D eigenvalue weighted by molar-refractivity contribution is 7.99. The zero-order valence-corrected chi connectivity index (χ0v) is 11.8. The number of benzene rings is 1. The Bertz CT molecular complexity index is 615. The summed E-state index contributed by atoms with van der Waals surface area (Å²) in [5.41, 5.74) is 1.30. The molecule has 0 aliphatic rings. The molecule has 20 heavy (non-hydrogen) atoms. The summed E-state index contributed by atoms with van der Waals surface area (Å²) >= 11 is 1.12. The first-order valence-electron chi connectivity index (χ1n) is 6.20. The third-order valence-corrected chi connectivity index (χ3v) is 3.62. The molecule has 5 nitrogen and oxygen atoms in total. The predicted octanol–water partition coefficient (Wildman–Crippen LogP) is 2.39. The number of carboxylic acids is 1. The van der Waals surface area contributed by atoms with Gasteiger partial charge in [-0.15, -0.1) is 0 Å². The van der Waals surface area contributed by atoms with Crippen LogP contribution in [0.4, 0.5) is 4.39 Å². The van der Waals surface area contributed by atoms with Crippen molar-refractivity contribution in [2.75, 3.05) is 19.0 Å². The summed E-state index contributed by atoms with van der Waals surface area (Å²) < 4.78 is 20.4. The molecule has 2 rings (SSSR count). The van der Waals surface area contributed by atoms with E-state index in [4.69, 9.17) is 9.84 Å². The van der Waals surface area contributed by atoms with Crippen molar-refractivity contribution in [3.63, 3.8) is 0 Å². The summed E-state index contributed by atoms with van der Waals surface area (Å²) in [5, 5.41) is 9.32. The van der Waals surface area contributed by atoms with E-state index in [0.29, 0.717) is 30.4 Å². The van der Waals surface area contributed by atoms with Crippen molar-refractivity contribution in [2.24, 2.45) is 0 Å². The lowest BCUT2D eigenvalue weighted by atomic mass is 10.3. The molecule has 0 fully saturated rings. The Labute approximate surface area is 119 Å². The van der Waals surface area contributed by atoms with Gasteiger partial charge in [-0.05, 0) is 19.1 Å². The number of rotatable bonds is 7. The number of carboxylic acid groups (broad SMARTS) is 1. The molecule has 0 amide bonds. The fourth-order valence-corrected chi connectivity index (χ4v) is 2.59.